The van der Waals surface area contributed by atoms with Crippen molar-refractivity contribution in [1.82, 2.24) is 4.98 Å². The van der Waals surface area contributed by atoms with E-state index < -0.39 is 0 Å². The van der Waals surface area contributed by atoms with Crippen LogP contribution in [0.3, 0.4) is 0 Å². The maximum absolute atomic E-state index is 9.20. The summed E-state index contributed by atoms with van der Waals surface area (Å²) in [4.78, 5) is 6.17. The van der Waals surface area contributed by atoms with E-state index in [-0.39, 0.29) is 0 Å². The maximum atomic E-state index is 9.20. The predicted octanol–water partition coefficient (Wildman–Crippen LogP) is 2.69. The van der Waals surface area contributed by atoms with Crippen LogP contribution in [0.15, 0.2) is 36.5 Å². The summed E-state index contributed by atoms with van der Waals surface area (Å²) in [6.07, 6.45) is 1.77. The molecule has 0 aliphatic heterocycles. The Bertz CT molecular complexity index is 630. The van der Waals surface area contributed by atoms with E-state index in [4.69, 9.17) is 4.74 Å². The third-order valence-corrected chi connectivity index (χ3v) is 2.81. The summed E-state index contributed by atoms with van der Waals surface area (Å²) in [6.45, 7) is 0. The monoisotopic (exact) mass is 253 g/mol. The first-order valence-electron chi connectivity index (χ1n) is 5.87. The quantitative estimate of drug-likeness (QED) is 0.843. The molecule has 0 saturated carbocycles. The second-order valence-electron chi connectivity index (χ2n) is 4.33. The van der Waals surface area contributed by atoms with Gasteiger partial charge in [0.2, 0.25) is 0 Å². The van der Waals surface area contributed by atoms with Gasteiger partial charge >= 0.3 is 0 Å². The Labute approximate surface area is 112 Å². The van der Waals surface area contributed by atoms with Crippen LogP contribution in [0.5, 0.6) is 5.75 Å². The molecule has 96 valence electrons. The fraction of sp³-hybridized carbons (Fsp3) is 0.200. The number of methoxy groups -OCH3 is 1. The molecule has 0 atom stereocenters. The number of anilines is 1. The third-order valence-electron chi connectivity index (χ3n) is 2.81. The average molecular weight is 253 g/mol. The van der Waals surface area contributed by atoms with Gasteiger partial charge in [0.1, 0.15) is 17.6 Å². The van der Waals surface area contributed by atoms with E-state index in [1.807, 2.05) is 49.3 Å². The van der Waals surface area contributed by atoms with Gasteiger partial charge in [-0.2, -0.15) is 5.26 Å². The Balaban J connectivity index is 2.49. The molecule has 1 aromatic heterocycles. The van der Waals surface area contributed by atoms with E-state index in [9.17, 15) is 5.26 Å². The van der Waals surface area contributed by atoms with Crippen LogP contribution < -0.4 is 9.64 Å². The Morgan fingerprint density at radius 1 is 1.21 bits per heavy atom. The van der Waals surface area contributed by atoms with Crippen molar-refractivity contribution < 1.29 is 4.74 Å². The van der Waals surface area contributed by atoms with Crippen LogP contribution in [0.1, 0.15) is 5.56 Å². The Morgan fingerprint density at radius 2 is 2.00 bits per heavy atom. The summed E-state index contributed by atoms with van der Waals surface area (Å²) in [6, 6.07) is 11.7. The van der Waals surface area contributed by atoms with Crippen molar-refractivity contribution in [3.63, 3.8) is 0 Å². The lowest BCUT2D eigenvalue weighted by Crippen LogP contribution is -2.12. The van der Waals surface area contributed by atoms with Crippen LogP contribution >= 0.6 is 0 Å². The SMILES string of the molecule is COc1cccc(-c2cnc(N(C)C)c(C#N)c2)c1. The summed E-state index contributed by atoms with van der Waals surface area (Å²) < 4.78 is 5.20. The lowest BCUT2D eigenvalue weighted by Gasteiger charge is -2.13. The van der Waals surface area contributed by atoms with Gasteiger partial charge in [0.15, 0.2) is 0 Å². The van der Waals surface area contributed by atoms with Gasteiger partial charge in [-0.15, -0.1) is 0 Å². The molecule has 0 saturated heterocycles. The molecule has 0 bridgehead atoms. The fourth-order valence-electron chi connectivity index (χ4n) is 1.86. The number of benzene rings is 1. The average Bonchev–Trinajstić information content (AvgIpc) is 2.46. The highest BCUT2D eigenvalue weighted by atomic mass is 16.5. The molecule has 1 heterocycles. The molecule has 0 spiro atoms. The predicted molar refractivity (Wildman–Crippen MR) is 75.3 cm³/mol. The molecule has 0 aliphatic carbocycles. The Kier molecular flexibility index (Phi) is 3.67. The zero-order valence-corrected chi connectivity index (χ0v) is 11.2. The highest BCUT2D eigenvalue weighted by Gasteiger charge is 2.08. The number of hydrogen-bond donors (Lipinski definition) is 0. The largest absolute Gasteiger partial charge is 0.497 e. The van der Waals surface area contributed by atoms with Gasteiger partial charge in [0.25, 0.3) is 0 Å². The molecule has 0 fully saturated rings. The minimum Gasteiger partial charge on any atom is -0.497 e. The van der Waals surface area contributed by atoms with Crippen molar-refractivity contribution in [2.75, 3.05) is 26.1 Å². The molecule has 0 radical (unpaired) electrons. The number of pyridine rings is 1. The van der Waals surface area contributed by atoms with Gasteiger partial charge < -0.3 is 9.64 Å². The van der Waals surface area contributed by atoms with E-state index in [0.29, 0.717) is 11.4 Å². The first kappa shape index (κ1) is 12.9. The third kappa shape index (κ3) is 2.66. The standard InChI is InChI=1S/C15H15N3O/c1-18(2)15-12(9-16)7-13(10-17-15)11-5-4-6-14(8-11)19-3/h4-8,10H,1-3H3. The number of nitriles is 1. The van der Waals surface area contributed by atoms with Crippen LogP contribution in [0.2, 0.25) is 0 Å². The normalized spacial score (nSPS) is 9.79. The zero-order valence-electron chi connectivity index (χ0n) is 11.2. The summed E-state index contributed by atoms with van der Waals surface area (Å²) in [5.74, 6) is 1.46. The fourth-order valence-corrected chi connectivity index (χ4v) is 1.86. The van der Waals surface area contributed by atoms with Crippen molar-refractivity contribution in [3.8, 4) is 22.9 Å². The number of hydrogen-bond acceptors (Lipinski definition) is 4. The highest BCUT2D eigenvalue weighted by molar-refractivity contribution is 5.69. The van der Waals surface area contributed by atoms with E-state index in [0.717, 1.165) is 16.9 Å². The van der Waals surface area contributed by atoms with Crippen molar-refractivity contribution >= 4 is 5.82 Å². The van der Waals surface area contributed by atoms with Crippen molar-refractivity contribution in [3.05, 3.63) is 42.1 Å². The highest BCUT2D eigenvalue weighted by Crippen LogP contribution is 2.26. The van der Waals surface area contributed by atoms with E-state index >= 15 is 0 Å². The second kappa shape index (κ2) is 5.40. The van der Waals surface area contributed by atoms with E-state index in [1.54, 1.807) is 13.3 Å². The molecule has 2 aromatic rings. The topological polar surface area (TPSA) is 49.1 Å². The number of ether oxygens (including phenoxy) is 1. The molecule has 19 heavy (non-hydrogen) atoms. The summed E-state index contributed by atoms with van der Waals surface area (Å²) >= 11 is 0. The van der Waals surface area contributed by atoms with E-state index in [2.05, 4.69) is 11.1 Å². The first-order valence-corrected chi connectivity index (χ1v) is 5.87. The molecule has 0 N–H and O–H groups in total. The smallest absolute Gasteiger partial charge is 0.146 e. The summed E-state index contributed by atoms with van der Waals surface area (Å²) in [5.41, 5.74) is 2.44. The number of rotatable bonds is 3. The second-order valence-corrected chi connectivity index (χ2v) is 4.33. The van der Waals surface area contributed by atoms with Crippen molar-refractivity contribution in [1.29, 1.82) is 5.26 Å². The molecular weight excluding hydrogens is 238 g/mol. The first-order chi connectivity index (χ1) is 9.15. The van der Waals surface area contributed by atoms with Crippen LogP contribution in [-0.2, 0) is 0 Å². The molecule has 0 amide bonds. The van der Waals surface area contributed by atoms with Crippen LogP contribution in [0, 0.1) is 11.3 Å². The minimum absolute atomic E-state index is 0.560. The molecule has 0 aliphatic rings. The lowest BCUT2D eigenvalue weighted by atomic mass is 10.1. The minimum atomic E-state index is 0.560. The van der Waals surface area contributed by atoms with Crippen LogP contribution in [0.25, 0.3) is 11.1 Å². The molecule has 4 nitrogen and oxygen atoms in total. The van der Waals surface area contributed by atoms with Gasteiger partial charge in [-0.05, 0) is 23.8 Å². The van der Waals surface area contributed by atoms with Gasteiger partial charge in [-0.25, -0.2) is 4.98 Å². The van der Waals surface area contributed by atoms with Gasteiger partial charge in [-0.3, -0.25) is 0 Å². The number of aromatic nitrogens is 1. The van der Waals surface area contributed by atoms with E-state index in [1.165, 1.54) is 0 Å². The molecule has 2 rings (SSSR count). The lowest BCUT2D eigenvalue weighted by molar-refractivity contribution is 0.415. The van der Waals surface area contributed by atoms with Crippen LogP contribution in [0.4, 0.5) is 5.82 Å². The van der Waals surface area contributed by atoms with Gasteiger partial charge in [0.05, 0.1) is 12.7 Å². The zero-order chi connectivity index (χ0) is 13.8. The summed E-state index contributed by atoms with van der Waals surface area (Å²) in [7, 11) is 5.37. The molecular formula is C15H15N3O. The molecule has 0 unspecified atom stereocenters. The Morgan fingerprint density at radius 3 is 2.63 bits per heavy atom. The van der Waals surface area contributed by atoms with Crippen LogP contribution in [-0.4, -0.2) is 26.2 Å². The molecule has 1 aromatic carbocycles. The summed E-state index contributed by atoms with van der Waals surface area (Å²) in [5, 5.41) is 9.20. The molecule has 4 heteroatoms. The van der Waals surface area contributed by atoms with Gasteiger partial charge in [-0.1, -0.05) is 12.1 Å². The maximum Gasteiger partial charge on any atom is 0.146 e. The van der Waals surface area contributed by atoms with Gasteiger partial charge in [0, 0.05) is 25.9 Å². The number of nitrogens with zero attached hydrogens (tertiary/aromatic N) is 3. The Hall–Kier alpha value is -2.54. The van der Waals surface area contributed by atoms with Crippen molar-refractivity contribution in [2.45, 2.75) is 0 Å². The van der Waals surface area contributed by atoms with Crippen molar-refractivity contribution in [2.24, 2.45) is 0 Å².